The van der Waals surface area contributed by atoms with Gasteiger partial charge in [-0.15, -0.1) is 0 Å². The van der Waals surface area contributed by atoms with Crippen LogP contribution in [0.1, 0.15) is 85.1 Å². The Morgan fingerprint density at radius 2 is 1.78 bits per heavy atom. The van der Waals surface area contributed by atoms with Crippen molar-refractivity contribution in [1.29, 1.82) is 5.26 Å². The number of nitrogens with one attached hydrogen (secondary N) is 2. The highest BCUT2D eigenvalue weighted by atomic mass is 32.2. The first kappa shape index (κ1) is 33.9. The Kier molecular flexibility index (Phi) is 9.65. The summed E-state index contributed by atoms with van der Waals surface area (Å²) >= 11 is 0. The molecule has 14 heteroatoms. The van der Waals surface area contributed by atoms with E-state index in [4.69, 9.17) is 14.7 Å². The highest BCUT2D eigenvalue weighted by molar-refractivity contribution is 7.94. The molecule has 0 radical (unpaired) electrons. The zero-order valence-electron chi connectivity index (χ0n) is 26.7. The van der Waals surface area contributed by atoms with E-state index < -0.39 is 36.9 Å². The molecular weight excluding hydrogens is 600 g/mol. The Bertz CT molecular complexity index is 1600. The minimum Gasteiger partial charge on any atom is -0.447 e. The molecule has 2 aliphatic rings. The van der Waals surface area contributed by atoms with Crippen LogP contribution in [0.25, 0.3) is 0 Å². The van der Waals surface area contributed by atoms with Gasteiger partial charge in [0.2, 0.25) is 0 Å². The van der Waals surface area contributed by atoms with Crippen LogP contribution in [-0.2, 0) is 39.3 Å². The number of benzene rings is 1. The summed E-state index contributed by atoms with van der Waals surface area (Å²) in [5, 5.41) is 18.8. The Balaban J connectivity index is 1.36. The molecule has 1 aliphatic carbocycles. The van der Waals surface area contributed by atoms with Crippen molar-refractivity contribution in [1.82, 2.24) is 25.3 Å². The predicted molar refractivity (Wildman–Crippen MR) is 165 cm³/mol. The van der Waals surface area contributed by atoms with Crippen LogP contribution in [0.3, 0.4) is 0 Å². The molecule has 0 spiro atoms. The number of alkyl carbamates (subject to hydrolysis) is 1. The van der Waals surface area contributed by atoms with E-state index in [0.29, 0.717) is 30.4 Å². The molecular formula is C31H42N6O7S. The van der Waals surface area contributed by atoms with Crippen LogP contribution in [0.5, 0.6) is 0 Å². The quantitative estimate of drug-likeness (QED) is 0.330. The molecule has 244 valence electrons. The normalized spacial score (nSPS) is 16.0. The lowest BCUT2D eigenvalue weighted by molar-refractivity contribution is 0.0616. The van der Waals surface area contributed by atoms with Crippen molar-refractivity contribution in [2.75, 3.05) is 32.9 Å². The molecule has 1 saturated carbocycles. The van der Waals surface area contributed by atoms with E-state index in [2.05, 4.69) is 21.8 Å². The number of aromatic nitrogens is 2. The Morgan fingerprint density at radius 3 is 2.38 bits per heavy atom. The van der Waals surface area contributed by atoms with E-state index in [1.807, 2.05) is 20.8 Å². The van der Waals surface area contributed by atoms with E-state index in [1.54, 1.807) is 50.1 Å². The lowest BCUT2D eigenvalue weighted by Gasteiger charge is -2.35. The number of carbonyl (C=O) groups excluding carboxylic acids is 3. The van der Waals surface area contributed by atoms with Crippen LogP contribution in [0.2, 0.25) is 0 Å². The van der Waals surface area contributed by atoms with Crippen molar-refractivity contribution >= 4 is 27.7 Å². The molecule has 0 saturated heterocycles. The SMILES string of the molecule is Cn1nc(C(=O)NCc2ccc(C#N)cc2)c2c1C(=O)N(CC1(S(=O)(=O)C(C)(C)COCCOC(=O)NC(C)(C)C)CC1)CC2. The van der Waals surface area contributed by atoms with Crippen molar-refractivity contribution in [3.05, 3.63) is 52.3 Å². The topological polar surface area (TPSA) is 173 Å². The molecule has 1 aromatic heterocycles. The highest BCUT2D eigenvalue weighted by Gasteiger charge is 2.61. The highest BCUT2D eigenvalue weighted by Crippen LogP contribution is 2.49. The Hall–Kier alpha value is -3.96. The van der Waals surface area contributed by atoms with Crippen molar-refractivity contribution in [3.8, 4) is 6.07 Å². The van der Waals surface area contributed by atoms with Gasteiger partial charge in [0.1, 0.15) is 12.3 Å². The first-order valence-corrected chi connectivity index (χ1v) is 16.4. The average molecular weight is 643 g/mol. The number of hydrogen-bond donors (Lipinski definition) is 2. The summed E-state index contributed by atoms with van der Waals surface area (Å²) in [5.41, 5.74) is 1.88. The maximum atomic E-state index is 13.9. The second-order valence-electron chi connectivity index (χ2n) is 13.3. The third-order valence-corrected chi connectivity index (χ3v) is 11.2. The van der Waals surface area contributed by atoms with Gasteiger partial charge in [-0.25, -0.2) is 13.2 Å². The van der Waals surface area contributed by atoms with Gasteiger partial charge in [-0.3, -0.25) is 14.3 Å². The predicted octanol–water partition coefficient (Wildman–Crippen LogP) is 2.49. The summed E-state index contributed by atoms with van der Waals surface area (Å²) in [4.78, 5) is 40.0. The van der Waals surface area contributed by atoms with E-state index in [-0.39, 0.29) is 56.7 Å². The van der Waals surface area contributed by atoms with Gasteiger partial charge in [0.25, 0.3) is 11.8 Å². The smallest absolute Gasteiger partial charge is 0.407 e. The molecule has 2 N–H and O–H groups in total. The molecule has 0 unspecified atom stereocenters. The summed E-state index contributed by atoms with van der Waals surface area (Å²) in [6.45, 7) is 9.16. The first-order chi connectivity index (χ1) is 21.0. The molecule has 3 amide bonds. The molecule has 0 bridgehead atoms. The fourth-order valence-electron chi connectivity index (χ4n) is 5.38. The lowest BCUT2D eigenvalue weighted by Crippen LogP contribution is -2.52. The van der Waals surface area contributed by atoms with Crippen LogP contribution >= 0.6 is 0 Å². The number of ether oxygens (including phenoxy) is 2. The van der Waals surface area contributed by atoms with E-state index in [1.165, 1.54) is 4.68 Å². The summed E-state index contributed by atoms with van der Waals surface area (Å²) in [5.74, 6) is -0.778. The maximum Gasteiger partial charge on any atom is 0.407 e. The molecule has 1 aliphatic heterocycles. The molecule has 13 nitrogen and oxygen atoms in total. The van der Waals surface area contributed by atoms with Crippen LogP contribution in [-0.4, -0.2) is 88.9 Å². The number of aryl methyl sites for hydroxylation is 1. The second-order valence-corrected chi connectivity index (χ2v) is 16.3. The average Bonchev–Trinajstić information content (AvgIpc) is 3.68. The van der Waals surface area contributed by atoms with Crippen LogP contribution < -0.4 is 10.6 Å². The van der Waals surface area contributed by atoms with Gasteiger partial charge in [0.05, 0.1) is 34.3 Å². The number of rotatable bonds is 12. The fraction of sp³-hybridized carbons (Fsp3) is 0.581. The van der Waals surface area contributed by atoms with Gasteiger partial charge in [-0.2, -0.15) is 10.4 Å². The van der Waals surface area contributed by atoms with E-state index >= 15 is 0 Å². The number of nitrogens with zero attached hydrogens (tertiary/aromatic N) is 4. The number of carbonyl (C=O) groups is 3. The minimum absolute atomic E-state index is 0.0199. The van der Waals surface area contributed by atoms with E-state index in [0.717, 1.165) is 5.56 Å². The lowest BCUT2D eigenvalue weighted by atomic mass is 10.0. The summed E-state index contributed by atoms with van der Waals surface area (Å²) < 4.78 is 37.5. The van der Waals surface area contributed by atoms with Gasteiger partial charge in [-0.1, -0.05) is 12.1 Å². The fourth-order valence-corrected chi connectivity index (χ4v) is 7.76. The summed E-state index contributed by atoms with van der Waals surface area (Å²) in [7, 11) is -2.16. The first-order valence-electron chi connectivity index (χ1n) is 14.9. The van der Waals surface area contributed by atoms with Crippen molar-refractivity contribution in [3.63, 3.8) is 0 Å². The van der Waals surface area contributed by atoms with Crippen molar-refractivity contribution < 1.29 is 32.3 Å². The maximum absolute atomic E-state index is 13.9. The minimum atomic E-state index is -3.75. The number of nitriles is 1. The number of amides is 3. The molecule has 2 heterocycles. The number of hydrogen-bond acceptors (Lipinski definition) is 9. The number of fused-ring (bicyclic) bond motifs is 1. The summed E-state index contributed by atoms with van der Waals surface area (Å²) in [6.07, 6.45) is 0.647. The second kappa shape index (κ2) is 12.8. The molecule has 1 aromatic carbocycles. The van der Waals surface area contributed by atoms with E-state index in [9.17, 15) is 22.8 Å². The number of sulfone groups is 1. The Labute approximate surface area is 264 Å². The van der Waals surface area contributed by atoms with Crippen molar-refractivity contribution in [2.45, 2.75) is 75.5 Å². The van der Waals surface area contributed by atoms with Crippen LogP contribution in [0.4, 0.5) is 4.79 Å². The standard InChI is InChI=1S/C31H42N6O7S/c1-29(2,3)34-28(40)44-16-15-43-20-30(4,5)45(41,42)31(12-13-31)19-37-14-11-23-24(35-36(6)25(23)27(37)39)26(38)33-18-22-9-7-21(17-32)8-10-22/h7-10H,11-16,18-20H2,1-6H3,(H,33,38)(H,34,40). The van der Waals surface area contributed by atoms with Crippen LogP contribution in [0, 0.1) is 11.3 Å². The molecule has 1 fully saturated rings. The molecule has 0 atom stereocenters. The largest absolute Gasteiger partial charge is 0.447 e. The van der Waals surface area contributed by atoms with Crippen LogP contribution in [0.15, 0.2) is 24.3 Å². The van der Waals surface area contributed by atoms with Crippen molar-refractivity contribution in [2.24, 2.45) is 7.05 Å². The van der Waals surface area contributed by atoms with Gasteiger partial charge in [-0.05, 0) is 71.6 Å². The Morgan fingerprint density at radius 1 is 1.11 bits per heavy atom. The molecule has 45 heavy (non-hydrogen) atoms. The zero-order valence-corrected chi connectivity index (χ0v) is 27.5. The third kappa shape index (κ3) is 7.48. The van der Waals surface area contributed by atoms with Gasteiger partial charge < -0.3 is 25.0 Å². The summed E-state index contributed by atoms with van der Waals surface area (Å²) in [6, 6.07) is 8.91. The molecule has 2 aromatic rings. The van der Waals surface area contributed by atoms with Gasteiger partial charge >= 0.3 is 6.09 Å². The van der Waals surface area contributed by atoms with Gasteiger partial charge in [0.15, 0.2) is 15.5 Å². The molecule has 4 rings (SSSR count). The zero-order chi connectivity index (χ0) is 33.2. The monoisotopic (exact) mass is 642 g/mol. The third-order valence-electron chi connectivity index (χ3n) is 7.99. The van der Waals surface area contributed by atoms with Gasteiger partial charge in [0, 0.05) is 37.8 Å².